The summed E-state index contributed by atoms with van der Waals surface area (Å²) in [6, 6.07) is 0. The molecule has 50 valence electrons. The van der Waals surface area contributed by atoms with Gasteiger partial charge in [0, 0.05) is 0 Å². The first-order chi connectivity index (χ1) is 4.15. The molecule has 0 aliphatic carbocycles. The fourth-order valence-electron chi connectivity index (χ4n) is 0. The van der Waals surface area contributed by atoms with Gasteiger partial charge in [0.1, 0.15) is 0 Å². The van der Waals surface area contributed by atoms with Gasteiger partial charge >= 0.3 is 152 Å². The Labute approximate surface area is 161 Å². The fourth-order valence-corrected chi connectivity index (χ4v) is 0. The minimum absolute atomic E-state index is 0. The third-order valence-electron chi connectivity index (χ3n) is 0. The molecule has 0 unspecified atom stereocenters. The Hall–Kier alpha value is 4.67. The second-order valence-electron chi connectivity index (χ2n) is 0.384. The van der Waals surface area contributed by atoms with E-state index < -0.39 is 37.0 Å². The van der Waals surface area contributed by atoms with Crippen LogP contribution in [-0.2, 0) is 0 Å². The van der Waals surface area contributed by atoms with E-state index in [1.807, 2.05) is 0 Å². The first-order valence-corrected chi connectivity index (χ1v) is 11.9. The molecule has 9 heteroatoms. The molecule has 3 nitrogen and oxygen atoms in total. The number of carbonyl (C=O) groups is 1. The Morgan fingerprint density at radius 3 is 1.30 bits per heavy atom. The summed E-state index contributed by atoms with van der Waals surface area (Å²) in [6.45, 7) is 0. The van der Waals surface area contributed by atoms with E-state index in [-0.39, 0.29) is 51.4 Å². The molecule has 0 radical (unpaired) electrons. The molecule has 0 saturated carbocycles. The van der Waals surface area contributed by atoms with Crippen LogP contribution in [0.3, 0.4) is 0 Å². The average Bonchev–Trinajstić information content (AvgIpc) is 1.71. The van der Waals surface area contributed by atoms with Crippen LogP contribution in [0.4, 0.5) is 4.79 Å². The molecule has 0 aliphatic rings. The van der Waals surface area contributed by atoms with Crippen molar-refractivity contribution in [1.29, 1.82) is 0 Å². The van der Waals surface area contributed by atoms with E-state index in [1.54, 1.807) is 0 Å². The molecule has 0 amide bonds. The summed E-state index contributed by atoms with van der Waals surface area (Å²) in [5, 5.41) is 13.9. The van der Waals surface area contributed by atoms with Crippen molar-refractivity contribution >= 4 is 152 Å². The van der Waals surface area contributed by atoms with Crippen molar-refractivity contribution in [2.45, 2.75) is 0 Å². The maximum absolute atomic E-state index is 8.56. The van der Waals surface area contributed by atoms with E-state index >= 15 is 0 Å². The molecule has 0 heterocycles. The minimum atomic E-state index is -1.83. The molecular formula is CH3CaCl3K2O3. The Morgan fingerprint density at radius 1 is 1.30 bits per heavy atom. The van der Waals surface area contributed by atoms with Gasteiger partial charge in [0.05, 0.1) is 0 Å². The quantitative estimate of drug-likeness (QED) is 0.650. The van der Waals surface area contributed by atoms with E-state index in [0.29, 0.717) is 47.1 Å². The zero-order valence-corrected chi connectivity index (χ0v) is 12.2. The molecule has 0 aromatic rings. The molecule has 0 aromatic carbocycles. The third kappa shape index (κ3) is 79.1. The predicted molar refractivity (Wildman–Crippen MR) is 46.9 cm³/mol. The number of carboxylic acid groups (broad SMARTS) is 2. The van der Waals surface area contributed by atoms with Crippen LogP contribution < -0.4 is 0 Å². The molecule has 0 aromatic heterocycles. The van der Waals surface area contributed by atoms with E-state index in [4.69, 9.17) is 31.5 Å². The SMILES string of the molecule is O=C(O)O.[Cl][Ca][Cl].[Cl][K].[KH]. The van der Waals surface area contributed by atoms with E-state index in [0.717, 1.165) is 0 Å². The first kappa shape index (κ1) is 24.1. The monoisotopic (exact) mass is 286 g/mol. The van der Waals surface area contributed by atoms with Gasteiger partial charge in [0.25, 0.3) is 0 Å². The van der Waals surface area contributed by atoms with Crippen molar-refractivity contribution in [3.63, 3.8) is 0 Å². The first-order valence-electron chi connectivity index (χ1n) is 1.56. The zero-order chi connectivity index (χ0) is 8.28. The normalized spacial score (nSPS) is 4.10. The van der Waals surface area contributed by atoms with Crippen LogP contribution in [0.5, 0.6) is 0 Å². The van der Waals surface area contributed by atoms with Crippen molar-refractivity contribution in [3.05, 3.63) is 0 Å². The van der Waals surface area contributed by atoms with Crippen molar-refractivity contribution < 1.29 is 15.0 Å². The van der Waals surface area contributed by atoms with E-state index in [2.05, 4.69) is 0 Å². The van der Waals surface area contributed by atoms with Crippen LogP contribution >= 0.6 is 16.5 Å². The maximum atomic E-state index is 8.56. The Morgan fingerprint density at radius 2 is 1.30 bits per heavy atom. The van der Waals surface area contributed by atoms with Crippen LogP contribution in [0, 0.1) is 0 Å². The topological polar surface area (TPSA) is 57.5 Å². The molecule has 0 aliphatic heterocycles. The standard InChI is InChI=1S/CH2O3.Ca.3ClH.2K.H/c2-1(3)4;;;;;;;/h(H2,2,3,4);;3*1H;;;/q;+2;;;;;+1;/p-3. The predicted octanol–water partition coefficient (Wildman–Crippen LogP) is 0.881. The third-order valence-corrected chi connectivity index (χ3v) is 0. The van der Waals surface area contributed by atoms with Gasteiger partial charge in [0.2, 0.25) is 0 Å². The van der Waals surface area contributed by atoms with Gasteiger partial charge in [-0.2, -0.15) is 0 Å². The average molecular weight is 288 g/mol. The Bertz CT molecular complexity index is 53.0. The molecule has 0 spiro atoms. The van der Waals surface area contributed by atoms with E-state index in [1.165, 1.54) is 0 Å². The zero-order valence-electron chi connectivity index (χ0n) is 4.64. The van der Waals surface area contributed by atoms with Crippen molar-refractivity contribution in [2.75, 3.05) is 0 Å². The second-order valence-corrected chi connectivity index (χ2v) is 4.03. The molecule has 2 N–H and O–H groups in total. The molecule has 0 rings (SSSR count). The summed E-state index contributed by atoms with van der Waals surface area (Å²) in [5.41, 5.74) is 0. The molecule has 0 saturated heterocycles. The summed E-state index contributed by atoms with van der Waals surface area (Å²) in [7, 11) is 0. The van der Waals surface area contributed by atoms with Crippen LogP contribution in [0.2, 0.25) is 0 Å². The van der Waals surface area contributed by atoms with Gasteiger partial charge in [-0.15, -0.1) is 0 Å². The van der Waals surface area contributed by atoms with Gasteiger partial charge < -0.3 is 10.2 Å². The summed E-state index contributed by atoms with van der Waals surface area (Å²) in [6.07, 6.45) is 8.07. The molecule has 0 bridgehead atoms. The fraction of sp³-hybridized carbons (Fsp3) is 0. The van der Waals surface area contributed by atoms with E-state index in [9.17, 15) is 0 Å². The van der Waals surface area contributed by atoms with Gasteiger partial charge in [-0.25, -0.2) is 4.79 Å². The van der Waals surface area contributed by atoms with Gasteiger partial charge in [-0.1, -0.05) is 0 Å². The summed E-state index contributed by atoms with van der Waals surface area (Å²) < 4.78 is 4.83. The summed E-state index contributed by atoms with van der Waals surface area (Å²) in [5.74, 6) is 0. The van der Waals surface area contributed by atoms with Gasteiger partial charge in [-0.3, -0.25) is 0 Å². The van der Waals surface area contributed by atoms with Gasteiger partial charge in [0.15, 0.2) is 0 Å². The molecule has 10 heavy (non-hydrogen) atoms. The second kappa shape index (κ2) is 29.2. The summed E-state index contributed by atoms with van der Waals surface area (Å²) in [4.78, 5) is 8.56. The van der Waals surface area contributed by atoms with Gasteiger partial charge in [-0.05, 0) is 0 Å². The molecule has 0 atom stereocenters. The Kier molecular flexibility index (Phi) is 70.3. The number of hydrogen-bond acceptors (Lipinski definition) is 1. The van der Waals surface area contributed by atoms with Crippen molar-refractivity contribution in [1.82, 2.24) is 0 Å². The van der Waals surface area contributed by atoms with Crippen molar-refractivity contribution in [2.24, 2.45) is 0 Å². The number of hydrogen-bond donors (Lipinski definition) is 2. The van der Waals surface area contributed by atoms with Crippen molar-refractivity contribution in [3.8, 4) is 0 Å². The number of rotatable bonds is 0. The number of halogens is 3. The summed E-state index contributed by atoms with van der Waals surface area (Å²) >= 11 is -0.396. The molecular weight excluding hydrogens is 285 g/mol. The van der Waals surface area contributed by atoms with Crippen LogP contribution in [0.15, 0.2) is 0 Å². The Balaban J connectivity index is -0.0000000273. The molecule has 0 fully saturated rings. The van der Waals surface area contributed by atoms with Crippen LogP contribution in [0.1, 0.15) is 0 Å². The van der Waals surface area contributed by atoms with Crippen LogP contribution in [-0.4, -0.2) is 146 Å². The van der Waals surface area contributed by atoms with Crippen LogP contribution in [0.25, 0.3) is 0 Å².